The minimum Gasteiger partial charge on any atom is -0.480 e. The SMILES string of the molecule is CC(C)[C@@]1(C(=O)O)NC1(C=O)CC=O. The zero-order chi connectivity index (χ0) is 11.0. The molecule has 14 heavy (non-hydrogen) atoms. The van der Waals surface area contributed by atoms with Gasteiger partial charge in [-0.15, -0.1) is 0 Å². The summed E-state index contributed by atoms with van der Waals surface area (Å²) in [6.45, 7) is 3.41. The van der Waals surface area contributed by atoms with Crippen molar-refractivity contribution in [1.82, 2.24) is 5.32 Å². The zero-order valence-electron chi connectivity index (χ0n) is 8.11. The molecule has 0 radical (unpaired) electrons. The van der Waals surface area contributed by atoms with Crippen LogP contribution in [0, 0.1) is 5.92 Å². The number of hydrogen-bond donors (Lipinski definition) is 2. The largest absolute Gasteiger partial charge is 0.480 e. The molecule has 1 aliphatic heterocycles. The molecule has 1 rings (SSSR count). The fourth-order valence-corrected chi connectivity index (χ4v) is 1.99. The lowest BCUT2D eigenvalue weighted by molar-refractivity contribution is -0.142. The number of carboxylic acids is 1. The molecular formula is C9H13NO4. The average Bonchev–Trinajstić information content (AvgIpc) is 2.77. The molecule has 0 saturated carbocycles. The lowest BCUT2D eigenvalue weighted by atomic mass is 9.82. The number of nitrogens with one attached hydrogen (secondary N) is 1. The zero-order valence-corrected chi connectivity index (χ0v) is 8.11. The van der Waals surface area contributed by atoms with Crippen molar-refractivity contribution in [2.45, 2.75) is 31.3 Å². The van der Waals surface area contributed by atoms with Crippen molar-refractivity contribution in [3.05, 3.63) is 0 Å². The van der Waals surface area contributed by atoms with Crippen molar-refractivity contribution >= 4 is 18.5 Å². The van der Waals surface area contributed by atoms with Gasteiger partial charge in [-0.1, -0.05) is 13.8 Å². The minimum absolute atomic E-state index is 0.0962. The van der Waals surface area contributed by atoms with Gasteiger partial charge in [-0.05, 0) is 5.92 Å². The summed E-state index contributed by atoms with van der Waals surface area (Å²) in [5, 5.41) is 11.7. The van der Waals surface area contributed by atoms with E-state index < -0.39 is 17.0 Å². The monoisotopic (exact) mass is 199 g/mol. The first-order valence-corrected chi connectivity index (χ1v) is 4.39. The van der Waals surface area contributed by atoms with Crippen molar-refractivity contribution < 1.29 is 19.5 Å². The lowest BCUT2D eigenvalue weighted by Crippen LogP contribution is -2.40. The van der Waals surface area contributed by atoms with Gasteiger partial charge in [0.05, 0.1) is 0 Å². The number of aldehydes is 2. The first-order valence-electron chi connectivity index (χ1n) is 4.39. The van der Waals surface area contributed by atoms with Gasteiger partial charge in [0, 0.05) is 6.42 Å². The third-order valence-corrected chi connectivity index (χ3v) is 2.87. The molecule has 5 heteroatoms. The molecule has 0 bridgehead atoms. The highest BCUT2D eigenvalue weighted by Crippen LogP contribution is 2.45. The summed E-state index contributed by atoms with van der Waals surface area (Å²) < 4.78 is 0. The number of carbonyl (C=O) groups is 3. The Balaban J connectivity index is 3.02. The molecule has 1 unspecified atom stereocenters. The highest BCUT2D eigenvalue weighted by atomic mass is 16.4. The smallest absolute Gasteiger partial charge is 0.326 e. The van der Waals surface area contributed by atoms with Gasteiger partial charge in [0.25, 0.3) is 0 Å². The molecule has 0 aromatic rings. The van der Waals surface area contributed by atoms with Crippen LogP contribution in [-0.2, 0) is 14.4 Å². The van der Waals surface area contributed by atoms with E-state index in [1.807, 2.05) is 0 Å². The predicted octanol–water partition coefficient (Wildman–Crippen LogP) is -0.404. The van der Waals surface area contributed by atoms with Crippen LogP contribution in [0.25, 0.3) is 0 Å². The van der Waals surface area contributed by atoms with Crippen molar-refractivity contribution in [2.24, 2.45) is 5.92 Å². The van der Waals surface area contributed by atoms with Crippen LogP contribution in [0.2, 0.25) is 0 Å². The van der Waals surface area contributed by atoms with Crippen LogP contribution >= 0.6 is 0 Å². The molecule has 78 valence electrons. The summed E-state index contributed by atoms with van der Waals surface area (Å²) in [5.74, 6) is -1.33. The van der Waals surface area contributed by atoms with E-state index in [1.54, 1.807) is 13.8 Å². The van der Waals surface area contributed by atoms with E-state index in [4.69, 9.17) is 5.11 Å². The molecule has 0 aliphatic carbocycles. The van der Waals surface area contributed by atoms with E-state index in [9.17, 15) is 14.4 Å². The Hall–Kier alpha value is -1.23. The van der Waals surface area contributed by atoms with E-state index >= 15 is 0 Å². The van der Waals surface area contributed by atoms with E-state index in [2.05, 4.69) is 5.32 Å². The molecule has 1 aliphatic rings. The van der Waals surface area contributed by atoms with Gasteiger partial charge in [-0.2, -0.15) is 0 Å². The number of hydrogen-bond acceptors (Lipinski definition) is 4. The molecule has 0 amide bonds. The van der Waals surface area contributed by atoms with Crippen LogP contribution < -0.4 is 5.32 Å². The summed E-state index contributed by atoms with van der Waals surface area (Å²) in [6, 6.07) is 0. The number of aliphatic carboxylic acids is 1. The molecular weight excluding hydrogens is 186 g/mol. The Labute approximate surface area is 81.5 Å². The third kappa shape index (κ3) is 1.09. The summed E-state index contributed by atoms with van der Waals surface area (Å²) in [6.07, 6.45) is 0.991. The standard InChI is InChI=1S/C9H13NO4/c1-6(2)9(7(13)14)8(5-12,10-9)3-4-11/h4-6,10H,3H2,1-2H3,(H,13,14)/t8?,9-/m0/s1. The van der Waals surface area contributed by atoms with Gasteiger partial charge in [-0.25, -0.2) is 0 Å². The van der Waals surface area contributed by atoms with Crippen LogP contribution in [0.4, 0.5) is 0 Å². The number of carboxylic acid groups (broad SMARTS) is 1. The fourth-order valence-electron chi connectivity index (χ4n) is 1.99. The molecule has 5 nitrogen and oxygen atoms in total. The predicted molar refractivity (Wildman–Crippen MR) is 47.8 cm³/mol. The maximum atomic E-state index is 11.0. The van der Waals surface area contributed by atoms with E-state index in [-0.39, 0.29) is 12.3 Å². The molecule has 1 heterocycles. The topological polar surface area (TPSA) is 93.4 Å². The summed E-state index contributed by atoms with van der Waals surface area (Å²) in [7, 11) is 0. The summed E-state index contributed by atoms with van der Waals surface area (Å²) in [4.78, 5) is 32.2. The first kappa shape index (κ1) is 10.8. The molecule has 2 N–H and O–H groups in total. The molecule has 1 saturated heterocycles. The second-order valence-electron chi connectivity index (χ2n) is 3.85. The fraction of sp³-hybridized carbons (Fsp3) is 0.667. The van der Waals surface area contributed by atoms with Crippen molar-refractivity contribution in [3.63, 3.8) is 0 Å². The van der Waals surface area contributed by atoms with Crippen LogP contribution in [-0.4, -0.2) is 34.7 Å². The van der Waals surface area contributed by atoms with Crippen molar-refractivity contribution in [2.75, 3.05) is 0 Å². The highest BCUT2D eigenvalue weighted by Gasteiger charge is 2.73. The minimum atomic E-state index is -1.27. The van der Waals surface area contributed by atoms with E-state index in [0.29, 0.717) is 12.6 Å². The average molecular weight is 199 g/mol. The highest BCUT2D eigenvalue weighted by molar-refractivity contribution is 5.97. The van der Waals surface area contributed by atoms with Crippen LogP contribution in [0.3, 0.4) is 0 Å². The van der Waals surface area contributed by atoms with Gasteiger partial charge in [0.2, 0.25) is 0 Å². The molecule has 0 spiro atoms. The number of carbonyl (C=O) groups excluding carboxylic acids is 2. The third-order valence-electron chi connectivity index (χ3n) is 2.87. The second kappa shape index (κ2) is 3.16. The van der Waals surface area contributed by atoms with Crippen molar-refractivity contribution in [1.29, 1.82) is 0 Å². The Bertz CT molecular complexity index is 289. The molecule has 2 atom stereocenters. The Morgan fingerprint density at radius 2 is 2.07 bits per heavy atom. The second-order valence-corrected chi connectivity index (χ2v) is 3.85. The molecule has 0 aromatic carbocycles. The van der Waals surface area contributed by atoms with Gasteiger partial charge < -0.3 is 14.7 Å². The molecule has 0 aromatic heterocycles. The van der Waals surface area contributed by atoms with Crippen LogP contribution in [0.15, 0.2) is 0 Å². The van der Waals surface area contributed by atoms with Gasteiger partial charge in [0.1, 0.15) is 23.7 Å². The summed E-state index contributed by atoms with van der Waals surface area (Å²) >= 11 is 0. The Morgan fingerprint density at radius 1 is 1.50 bits per heavy atom. The maximum Gasteiger partial charge on any atom is 0.326 e. The van der Waals surface area contributed by atoms with Gasteiger partial charge in [0.15, 0.2) is 0 Å². The number of rotatable bonds is 5. The van der Waals surface area contributed by atoms with Crippen LogP contribution in [0.5, 0.6) is 0 Å². The maximum absolute atomic E-state index is 11.0. The van der Waals surface area contributed by atoms with Gasteiger partial charge in [-0.3, -0.25) is 10.1 Å². The van der Waals surface area contributed by atoms with Crippen molar-refractivity contribution in [3.8, 4) is 0 Å². The van der Waals surface area contributed by atoms with Gasteiger partial charge >= 0.3 is 5.97 Å². The van der Waals surface area contributed by atoms with E-state index in [0.717, 1.165) is 0 Å². The Morgan fingerprint density at radius 3 is 2.29 bits per heavy atom. The Kier molecular flexibility index (Phi) is 2.45. The normalized spacial score (nSPS) is 35.4. The van der Waals surface area contributed by atoms with Crippen LogP contribution in [0.1, 0.15) is 20.3 Å². The first-order chi connectivity index (χ1) is 6.47. The quantitative estimate of drug-likeness (QED) is 0.464. The summed E-state index contributed by atoms with van der Waals surface area (Å²) in [5.41, 5.74) is -2.47. The molecule has 1 fully saturated rings. The lowest BCUT2D eigenvalue weighted by Gasteiger charge is -2.16. The van der Waals surface area contributed by atoms with E-state index in [1.165, 1.54) is 0 Å².